The quantitative estimate of drug-likeness (QED) is 0.759. The number of carbonyl (C=O) groups excluding carboxylic acids is 1. The fourth-order valence-corrected chi connectivity index (χ4v) is 2.83. The van der Waals surface area contributed by atoms with Crippen molar-refractivity contribution >= 4 is 22.7 Å². The van der Waals surface area contributed by atoms with Crippen molar-refractivity contribution in [2.24, 2.45) is 0 Å². The molecule has 3 rings (SSSR count). The maximum atomic E-state index is 12.9. The Bertz CT molecular complexity index is 920. The third-order valence-electron chi connectivity index (χ3n) is 3.97. The number of amides is 1. The van der Waals surface area contributed by atoms with Gasteiger partial charge in [-0.2, -0.15) is 0 Å². The summed E-state index contributed by atoms with van der Waals surface area (Å²) in [4.78, 5) is 17.2. The van der Waals surface area contributed by atoms with Gasteiger partial charge < -0.3 is 9.84 Å². The highest BCUT2D eigenvalue weighted by Gasteiger charge is 2.21. The van der Waals surface area contributed by atoms with E-state index in [9.17, 15) is 4.79 Å². The van der Waals surface area contributed by atoms with Crippen LogP contribution < -0.4 is 5.32 Å². The molecule has 0 saturated carbocycles. The van der Waals surface area contributed by atoms with Crippen LogP contribution in [0.3, 0.4) is 0 Å². The second-order valence-corrected chi connectivity index (χ2v) is 7.01. The summed E-state index contributed by atoms with van der Waals surface area (Å²) in [7, 11) is 0. The first-order chi connectivity index (χ1) is 11.3. The van der Waals surface area contributed by atoms with Crippen LogP contribution in [0.15, 0.2) is 34.9 Å². The van der Waals surface area contributed by atoms with Gasteiger partial charge in [-0.3, -0.25) is 4.79 Å². The molecule has 0 aliphatic heterocycles. The first-order valence-electron chi connectivity index (χ1n) is 7.92. The summed E-state index contributed by atoms with van der Waals surface area (Å²) in [5.41, 5.74) is 4.12. The molecule has 5 nitrogen and oxygen atoms in total. The Labute approximate surface area is 141 Å². The van der Waals surface area contributed by atoms with E-state index >= 15 is 0 Å². The summed E-state index contributed by atoms with van der Waals surface area (Å²) in [6, 6.07) is 9.62. The smallest absolute Gasteiger partial charge is 0.258 e. The topological polar surface area (TPSA) is 68.0 Å². The van der Waals surface area contributed by atoms with Crippen LogP contribution in [0.2, 0.25) is 0 Å². The second-order valence-electron chi connectivity index (χ2n) is 7.01. The molecule has 0 spiro atoms. The fraction of sp³-hybridized carbons (Fsp3) is 0.316. The molecule has 0 aliphatic rings. The Kier molecular flexibility index (Phi) is 3.87. The Morgan fingerprint density at radius 3 is 2.58 bits per heavy atom. The summed E-state index contributed by atoms with van der Waals surface area (Å²) < 4.78 is 5.21. The van der Waals surface area contributed by atoms with E-state index < -0.39 is 0 Å². The lowest BCUT2D eigenvalue weighted by Crippen LogP contribution is -2.19. The molecular formula is C19H21N3O2. The molecule has 0 fully saturated rings. The summed E-state index contributed by atoms with van der Waals surface area (Å²) in [6.07, 6.45) is 0. The number of benzene rings is 1. The number of hydrogen-bond donors (Lipinski definition) is 1. The van der Waals surface area contributed by atoms with Crippen molar-refractivity contribution in [3.8, 4) is 0 Å². The summed E-state index contributed by atoms with van der Waals surface area (Å²) in [6.45, 7) is 10.0. The maximum absolute atomic E-state index is 12.9. The van der Waals surface area contributed by atoms with Gasteiger partial charge in [-0.1, -0.05) is 44.1 Å². The molecule has 1 aromatic carbocycles. The van der Waals surface area contributed by atoms with Gasteiger partial charge in [0.15, 0.2) is 0 Å². The standard InChI is InChI=1S/C19H21N3O2/c1-11-10-13(16-12(2)22-24-18(16)20-11)17(23)21-15-9-7-6-8-14(15)19(3,4)5/h6-10H,1-5H3,(H,21,23). The minimum Gasteiger partial charge on any atom is -0.336 e. The molecule has 124 valence electrons. The predicted octanol–water partition coefficient (Wildman–Crippen LogP) is 4.39. The number of nitrogens with one attached hydrogen (secondary N) is 1. The fourth-order valence-electron chi connectivity index (χ4n) is 2.83. The summed E-state index contributed by atoms with van der Waals surface area (Å²) >= 11 is 0. The first kappa shape index (κ1) is 16.2. The number of anilines is 1. The van der Waals surface area contributed by atoms with Crippen molar-refractivity contribution in [2.45, 2.75) is 40.0 Å². The van der Waals surface area contributed by atoms with E-state index in [1.54, 1.807) is 6.07 Å². The molecule has 3 aromatic rings. The third kappa shape index (κ3) is 2.89. The van der Waals surface area contributed by atoms with Crippen molar-refractivity contribution in [3.05, 3.63) is 52.8 Å². The molecule has 0 aliphatic carbocycles. The van der Waals surface area contributed by atoms with Gasteiger partial charge in [0.2, 0.25) is 0 Å². The summed E-state index contributed by atoms with van der Waals surface area (Å²) in [5, 5.41) is 7.62. The number of aryl methyl sites for hydroxylation is 2. The average Bonchev–Trinajstić information content (AvgIpc) is 2.87. The van der Waals surface area contributed by atoms with E-state index in [4.69, 9.17) is 4.52 Å². The van der Waals surface area contributed by atoms with Crippen molar-refractivity contribution < 1.29 is 9.32 Å². The largest absolute Gasteiger partial charge is 0.336 e. The Morgan fingerprint density at radius 2 is 1.88 bits per heavy atom. The minimum absolute atomic E-state index is 0.0690. The zero-order chi connectivity index (χ0) is 17.5. The molecule has 2 heterocycles. The number of hydrogen-bond acceptors (Lipinski definition) is 4. The molecule has 0 unspecified atom stereocenters. The molecule has 2 aromatic heterocycles. The molecule has 1 N–H and O–H groups in total. The van der Waals surface area contributed by atoms with Crippen LogP contribution in [0.25, 0.3) is 11.1 Å². The molecule has 0 bridgehead atoms. The number of fused-ring (bicyclic) bond motifs is 1. The lowest BCUT2D eigenvalue weighted by atomic mass is 9.86. The van der Waals surface area contributed by atoms with E-state index in [1.165, 1.54) is 0 Å². The van der Waals surface area contributed by atoms with Gasteiger partial charge in [0.25, 0.3) is 11.6 Å². The number of aromatic nitrogens is 2. The summed E-state index contributed by atoms with van der Waals surface area (Å²) in [5.74, 6) is -0.187. The van der Waals surface area contributed by atoms with Crippen LogP contribution in [-0.2, 0) is 5.41 Å². The van der Waals surface area contributed by atoms with Crippen LogP contribution >= 0.6 is 0 Å². The number of para-hydroxylation sites is 1. The van der Waals surface area contributed by atoms with Gasteiger partial charge in [0.05, 0.1) is 16.6 Å². The van der Waals surface area contributed by atoms with Crippen molar-refractivity contribution in [1.29, 1.82) is 0 Å². The Hall–Kier alpha value is -2.69. The third-order valence-corrected chi connectivity index (χ3v) is 3.97. The Balaban J connectivity index is 2.05. The van der Waals surface area contributed by atoms with Gasteiger partial charge >= 0.3 is 0 Å². The normalized spacial score (nSPS) is 11.7. The van der Waals surface area contributed by atoms with Crippen molar-refractivity contribution in [2.75, 3.05) is 5.32 Å². The van der Waals surface area contributed by atoms with Gasteiger partial charge in [-0.15, -0.1) is 0 Å². The van der Waals surface area contributed by atoms with Crippen LogP contribution in [0.1, 0.15) is 48.1 Å². The minimum atomic E-state index is -0.187. The number of nitrogens with zero attached hydrogens (tertiary/aromatic N) is 2. The van der Waals surface area contributed by atoms with E-state index in [1.807, 2.05) is 38.1 Å². The number of carbonyl (C=O) groups is 1. The number of pyridine rings is 1. The lowest BCUT2D eigenvalue weighted by Gasteiger charge is -2.23. The highest BCUT2D eigenvalue weighted by atomic mass is 16.5. The Morgan fingerprint density at radius 1 is 1.17 bits per heavy atom. The van der Waals surface area contributed by atoms with Gasteiger partial charge in [0, 0.05) is 11.4 Å². The maximum Gasteiger partial charge on any atom is 0.258 e. The van der Waals surface area contributed by atoms with E-state index in [0.29, 0.717) is 28.1 Å². The lowest BCUT2D eigenvalue weighted by molar-refractivity contribution is 0.102. The average molecular weight is 323 g/mol. The molecular weight excluding hydrogens is 302 g/mol. The van der Waals surface area contributed by atoms with E-state index in [2.05, 4.69) is 36.2 Å². The van der Waals surface area contributed by atoms with Crippen LogP contribution in [0, 0.1) is 13.8 Å². The highest BCUT2D eigenvalue weighted by Crippen LogP contribution is 2.30. The monoisotopic (exact) mass is 323 g/mol. The van der Waals surface area contributed by atoms with Gasteiger partial charge in [-0.25, -0.2) is 4.98 Å². The van der Waals surface area contributed by atoms with E-state index in [0.717, 1.165) is 11.3 Å². The molecule has 0 saturated heterocycles. The molecule has 0 radical (unpaired) electrons. The van der Waals surface area contributed by atoms with Gasteiger partial charge in [0.1, 0.15) is 0 Å². The zero-order valence-electron chi connectivity index (χ0n) is 14.6. The van der Waals surface area contributed by atoms with Crippen molar-refractivity contribution in [3.63, 3.8) is 0 Å². The highest BCUT2D eigenvalue weighted by molar-refractivity contribution is 6.12. The van der Waals surface area contributed by atoms with E-state index in [-0.39, 0.29) is 11.3 Å². The molecule has 24 heavy (non-hydrogen) atoms. The van der Waals surface area contributed by atoms with Crippen molar-refractivity contribution in [1.82, 2.24) is 10.1 Å². The van der Waals surface area contributed by atoms with Crippen LogP contribution in [-0.4, -0.2) is 16.0 Å². The molecule has 5 heteroatoms. The molecule has 0 atom stereocenters. The predicted molar refractivity (Wildman–Crippen MR) is 94.4 cm³/mol. The molecule has 1 amide bonds. The zero-order valence-corrected chi connectivity index (χ0v) is 14.6. The van der Waals surface area contributed by atoms with Crippen LogP contribution in [0.4, 0.5) is 5.69 Å². The first-order valence-corrected chi connectivity index (χ1v) is 7.92. The SMILES string of the molecule is Cc1cc(C(=O)Nc2ccccc2C(C)(C)C)c2c(C)noc2n1. The second kappa shape index (κ2) is 5.74. The van der Waals surface area contributed by atoms with Crippen LogP contribution in [0.5, 0.6) is 0 Å². The van der Waals surface area contributed by atoms with Gasteiger partial charge in [-0.05, 0) is 37.0 Å². The number of rotatable bonds is 2.